The second kappa shape index (κ2) is 28.7. The van der Waals surface area contributed by atoms with Crippen molar-refractivity contribution in [2.24, 2.45) is 0 Å². The normalized spacial score (nSPS) is 12.7. The van der Waals surface area contributed by atoms with Gasteiger partial charge in [0.25, 0.3) is 0 Å². The molecule has 0 bridgehead atoms. The van der Waals surface area contributed by atoms with Crippen LogP contribution in [0.2, 0.25) is 0 Å². The van der Waals surface area contributed by atoms with Gasteiger partial charge in [-0.15, -0.1) is 0 Å². The summed E-state index contributed by atoms with van der Waals surface area (Å²) >= 11 is 0. The van der Waals surface area contributed by atoms with Crippen LogP contribution in [0.1, 0.15) is 149 Å². The molecule has 0 aliphatic heterocycles. The first-order valence-corrected chi connectivity index (χ1v) is 16.4. The van der Waals surface area contributed by atoms with Crippen molar-refractivity contribution in [1.29, 1.82) is 0 Å². The number of nitrogens with zero attached hydrogens (tertiary/aromatic N) is 2. The first-order chi connectivity index (χ1) is 18.5. The Kier molecular flexibility index (Phi) is 27.7. The van der Waals surface area contributed by atoms with Crippen LogP contribution in [0.15, 0.2) is 24.3 Å². The molecular weight excluding hydrogens is 468 g/mol. The molecule has 0 aromatic rings. The van der Waals surface area contributed by atoms with E-state index in [0.717, 1.165) is 25.8 Å². The number of likely N-dealkylation sites (N-methyl/N-ethyl adjacent to an activating group) is 2. The number of amides is 1. The van der Waals surface area contributed by atoms with Gasteiger partial charge in [-0.05, 0) is 71.9 Å². The van der Waals surface area contributed by atoms with Crippen molar-refractivity contribution < 1.29 is 9.53 Å². The first-order valence-electron chi connectivity index (χ1n) is 16.4. The van der Waals surface area contributed by atoms with Crippen molar-refractivity contribution in [3.05, 3.63) is 24.3 Å². The Morgan fingerprint density at radius 3 is 1.58 bits per heavy atom. The Morgan fingerprint density at radius 2 is 1.05 bits per heavy atom. The van der Waals surface area contributed by atoms with Gasteiger partial charge in [0.1, 0.15) is 6.10 Å². The van der Waals surface area contributed by atoms with Crippen LogP contribution in [-0.2, 0) is 4.74 Å². The molecule has 0 saturated carbocycles. The standard InChI is InChI=1S/C34H66N2O2/c1-6-8-10-12-14-15-16-17-18-19-20-21-22-24-26-28-30-33(29-27-25-23-13-11-9-7-2)38-34(37)36(5)32-31-35(3)4/h14-15,17-18,33H,6-13,16,19-32H2,1-5H3/b15-14-,18-17-. The molecule has 4 heteroatoms. The Bertz CT molecular complexity index is 559. The molecule has 0 N–H and O–H groups in total. The fourth-order valence-corrected chi connectivity index (χ4v) is 4.63. The van der Waals surface area contributed by atoms with Gasteiger partial charge in [0, 0.05) is 20.1 Å². The zero-order chi connectivity index (χ0) is 28.1. The molecule has 1 amide bonds. The summed E-state index contributed by atoms with van der Waals surface area (Å²) in [6.45, 7) is 6.09. The summed E-state index contributed by atoms with van der Waals surface area (Å²) in [5, 5.41) is 0. The molecule has 0 aromatic carbocycles. The Hall–Kier alpha value is -1.29. The summed E-state index contributed by atoms with van der Waals surface area (Å²) in [6.07, 6.45) is 35.6. The van der Waals surface area contributed by atoms with E-state index in [-0.39, 0.29) is 12.2 Å². The van der Waals surface area contributed by atoms with Crippen LogP contribution in [0, 0.1) is 0 Å². The monoisotopic (exact) mass is 535 g/mol. The highest BCUT2D eigenvalue weighted by Crippen LogP contribution is 2.18. The van der Waals surface area contributed by atoms with Crippen molar-refractivity contribution in [2.75, 3.05) is 34.2 Å². The quantitative estimate of drug-likeness (QED) is 0.0776. The molecule has 0 radical (unpaired) electrons. The van der Waals surface area contributed by atoms with Gasteiger partial charge >= 0.3 is 6.09 Å². The van der Waals surface area contributed by atoms with Gasteiger partial charge in [-0.3, -0.25) is 0 Å². The predicted molar refractivity (Wildman–Crippen MR) is 168 cm³/mol. The van der Waals surface area contributed by atoms with E-state index in [1.807, 2.05) is 21.1 Å². The number of ether oxygens (including phenoxy) is 1. The first kappa shape index (κ1) is 36.7. The second-order valence-electron chi connectivity index (χ2n) is 11.5. The molecule has 0 aliphatic carbocycles. The van der Waals surface area contributed by atoms with E-state index in [1.54, 1.807) is 4.90 Å². The third kappa shape index (κ3) is 26.3. The topological polar surface area (TPSA) is 32.8 Å². The van der Waals surface area contributed by atoms with Crippen molar-refractivity contribution in [3.8, 4) is 0 Å². The number of rotatable bonds is 27. The maximum Gasteiger partial charge on any atom is 0.409 e. The largest absolute Gasteiger partial charge is 0.446 e. The van der Waals surface area contributed by atoms with E-state index in [4.69, 9.17) is 4.74 Å². The fraction of sp³-hybridized carbons (Fsp3) is 0.853. The number of allylic oxidation sites excluding steroid dienone is 4. The molecular formula is C34H66N2O2. The van der Waals surface area contributed by atoms with Gasteiger partial charge in [-0.25, -0.2) is 4.79 Å². The molecule has 0 rings (SSSR count). The average Bonchev–Trinajstić information content (AvgIpc) is 2.90. The molecule has 0 spiro atoms. The summed E-state index contributed by atoms with van der Waals surface area (Å²) in [5.41, 5.74) is 0. The zero-order valence-corrected chi connectivity index (χ0v) is 26.4. The molecule has 1 atom stereocenters. The van der Waals surface area contributed by atoms with Crippen molar-refractivity contribution in [3.63, 3.8) is 0 Å². The summed E-state index contributed by atoms with van der Waals surface area (Å²) < 4.78 is 5.97. The van der Waals surface area contributed by atoms with Gasteiger partial charge in [0.2, 0.25) is 0 Å². The van der Waals surface area contributed by atoms with Crippen LogP contribution in [0.5, 0.6) is 0 Å². The number of carbonyl (C=O) groups is 1. The molecule has 0 aromatic heterocycles. The number of hydrogen-bond acceptors (Lipinski definition) is 3. The molecule has 4 nitrogen and oxygen atoms in total. The minimum Gasteiger partial charge on any atom is -0.446 e. The highest BCUT2D eigenvalue weighted by atomic mass is 16.6. The summed E-state index contributed by atoms with van der Waals surface area (Å²) in [4.78, 5) is 16.5. The van der Waals surface area contributed by atoms with Crippen LogP contribution >= 0.6 is 0 Å². The van der Waals surface area contributed by atoms with Gasteiger partial charge in [0.05, 0.1) is 0 Å². The predicted octanol–water partition coefficient (Wildman–Crippen LogP) is 10.3. The van der Waals surface area contributed by atoms with E-state index in [9.17, 15) is 4.79 Å². The Morgan fingerprint density at radius 1 is 0.605 bits per heavy atom. The third-order valence-electron chi connectivity index (χ3n) is 7.32. The number of unbranched alkanes of at least 4 members (excludes halogenated alkanes) is 15. The molecule has 1 unspecified atom stereocenters. The minimum atomic E-state index is -0.153. The van der Waals surface area contributed by atoms with E-state index >= 15 is 0 Å². The third-order valence-corrected chi connectivity index (χ3v) is 7.32. The molecule has 38 heavy (non-hydrogen) atoms. The van der Waals surface area contributed by atoms with E-state index in [2.05, 4.69) is 43.1 Å². The van der Waals surface area contributed by atoms with Crippen LogP contribution in [-0.4, -0.2) is 56.2 Å². The summed E-state index contributed by atoms with van der Waals surface area (Å²) in [5.74, 6) is 0. The molecule has 0 fully saturated rings. The van der Waals surface area contributed by atoms with E-state index < -0.39 is 0 Å². The van der Waals surface area contributed by atoms with Crippen LogP contribution in [0.25, 0.3) is 0 Å². The minimum absolute atomic E-state index is 0.0748. The van der Waals surface area contributed by atoms with Crippen LogP contribution in [0.4, 0.5) is 4.79 Å². The summed E-state index contributed by atoms with van der Waals surface area (Å²) in [7, 11) is 5.93. The molecule has 224 valence electrons. The van der Waals surface area contributed by atoms with E-state index in [0.29, 0.717) is 6.54 Å². The zero-order valence-electron chi connectivity index (χ0n) is 26.4. The second-order valence-corrected chi connectivity index (χ2v) is 11.5. The summed E-state index contributed by atoms with van der Waals surface area (Å²) in [6, 6.07) is 0. The lowest BCUT2D eigenvalue weighted by atomic mass is 10.0. The lowest BCUT2D eigenvalue weighted by Crippen LogP contribution is -2.36. The highest BCUT2D eigenvalue weighted by Gasteiger charge is 2.17. The molecule has 0 aliphatic rings. The van der Waals surface area contributed by atoms with Gasteiger partial charge in [-0.2, -0.15) is 0 Å². The fourth-order valence-electron chi connectivity index (χ4n) is 4.63. The van der Waals surface area contributed by atoms with Crippen molar-refractivity contribution in [1.82, 2.24) is 9.80 Å². The number of carbonyl (C=O) groups excluding carboxylic acids is 1. The lowest BCUT2D eigenvalue weighted by molar-refractivity contribution is 0.0571. The number of hydrogen-bond donors (Lipinski definition) is 0. The smallest absolute Gasteiger partial charge is 0.409 e. The van der Waals surface area contributed by atoms with Gasteiger partial charge in [0.15, 0.2) is 0 Å². The Labute approximate surface area is 238 Å². The van der Waals surface area contributed by atoms with Crippen LogP contribution in [0.3, 0.4) is 0 Å². The molecule has 0 saturated heterocycles. The lowest BCUT2D eigenvalue weighted by Gasteiger charge is -2.24. The maximum atomic E-state index is 12.6. The average molecular weight is 535 g/mol. The maximum absolute atomic E-state index is 12.6. The SMILES string of the molecule is CCCCC/C=C\C/C=C\CCCCCCCCC(CCCCCCCCC)OC(=O)N(C)CCN(C)C. The van der Waals surface area contributed by atoms with Gasteiger partial charge < -0.3 is 14.5 Å². The Balaban J connectivity index is 4.06. The van der Waals surface area contributed by atoms with Gasteiger partial charge in [-0.1, -0.05) is 115 Å². The van der Waals surface area contributed by atoms with Crippen LogP contribution < -0.4 is 0 Å². The highest BCUT2D eigenvalue weighted by molar-refractivity contribution is 5.67. The van der Waals surface area contributed by atoms with Crippen molar-refractivity contribution >= 4 is 6.09 Å². The van der Waals surface area contributed by atoms with E-state index in [1.165, 1.54) is 116 Å². The molecule has 0 heterocycles. The van der Waals surface area contributed by atoms with Crippen molar-refractivity contribution in [2.45, 2.75) is 155 Å².